The molecule has 0 spiro atoms. The lowest BCUT2D eigenvalue weighted by Crippen LogP contribution is -2.22. The van der Waals surface area contributed by atoms with Crippen molar-refractivity contribution in [2.24, 2.45) is 0 Å². The second kappa shape index (κ2) is 6.51. The van der Waals surface area contributed by atoms with Gasteiger partial charge in [0.15, 0.2) is 0 Å². The lowest BCUT2D eigenvalue weighted by molar-refractivity contribution is 0.0531. The van der Waals surface area contributed by atoms with E-state index in [1.807, 2.05) is 13.8 Å². The molecule has 0 aliphatic carbocycles. The van der Waals surface area contributed by atoms with Crippen molar-refractivity contribution < 1.29 is 9.84 Å². The number of aliphatic hydroxyl groups excluding tert-OH is 1. The number of hydrogen-bond donors (Lipinski definition) is 2. The Kier molecular flexibility index (Phi) is 5.31. The number of H-pyrrole nitrogens is 1. The zero-order valence-electron chi connectivity index (χ0n) is 10.6. The molecule has 5 nitrogen and oxygen atoms in total. The number of nitrogens with one attached hydrogen (secondary N) is 1. The number of aliphatic hydroxyl groups is 1. The summed E-state index contributed by atoms with van der Waals surface area (Å²) in [5, 5.41) is 8.87. The molecule has 17 heavy (non-hydrogen) atoms. The third-order valence-electron chi connectivity index (χ3n) is 2.65. The Morgan fingerprint density at radius 3 is 2.65 bits per heavy atom. The van der Waals surface area contributed by atoms with Crippen molar-refractivity contribution in [3.8, 4) is 0 Å². The summed E-state index contributed by atoms with van der Waals surface area (Å²) >= 11 is 0. The van der Waals surface area contributed by atoms with Crippen molar-refractivity contribution in [3.05, 3.63) is 27.4 Å². The van der Waals surface area contributed by atoms with Gasteiger partial charge in [-0.15, -0.1) is 0 Å². The van der Waals surface area contributed by atoms with Crippen LogP contribution < -0.4 is 5.56 Å². The number of rotatable bonds is 6. The summed E-state index contributed by atoms with van der Waals surface area (Å²) in [5.74, 6) is 0.568. The second-order valence-electron chi connectivity index (χ2n) is 3.84. The number of nitrogens with zero attached hydrogens (tertiary/aromatic N) is 1. The van der Waals surface area contributed by atoms with Crippen LogP contribution >= 0.6 is 0 Å². The first-order chi connectivity index (χ1) is 8.13. The van der Waals surface area contributed by atoms with Gasteiger partial charge < -0.3 is 14.8 Å². The molecule has 0 aliphatic rings. The Hall–Kier alpha value is -1.20. The van der Waals surface area contributed by atoms with Gasteiger partial charge in [0.1, 0.15) is 11.9 Å². The molecule has 1 heterocycles. The maximum atomic E-state index is 11.8. The second-order valence-corrected chi connectivity index (χ2v) is 3.84. The number of aromatic nitrogens is 2. The molecule has 5 heteroatoms. The number of ether oxygens (including phenoxy) is 1. The molecule has 1 unspecified atom stereocenters. The number of aromatic amines is 1. The highest BCUT2D eigenvalue weighted by molar-refractivity contribution is 5.17. The van der Waals surface area contributed by atoms with E-state index < -0.39 is 0 Å². The Morgan fingerprint density at radius 1 is 1.47 bits per heavy atom. The highest BCUT2D eigenvalue weighted by Gasteiger charge is 2.15. The van der Waals surface area contributed by atoms with E-state index in [2.05, 4.69) is 9.97 Å². The quantitative estimate of drug-likeness (QED) is 0.780. The van der Waals surface area contributed by atoms with Crippen LogP contribution in [0, 0.1) is 6.92 Å². The van der Waals surface area contributed by atoms with Gasteiger partial charge in [0.25, 0.3) is 5.56 Å². The van der Waals surface area contributed by atoms with Gasteiger partial charge >= 0.3 is 0 Å². The zero-order valence-corrected chi connectivity index (χ0v) is 10.6. The van der Waals surface area contributed by atoms with Crippen LogP contribution in [0.3, 0.4) is 0 Å². The van der Waals surface area contributed by atoms with E-state index >= 15 is 0 Å². The normalized spacial score (nSPS) is 12.7. The van der Waals surface area contributed by atoms with Crippen molar-refractivity contribution in [1.82, 2.24) is 9.97 Å². The van der Waals surface area contributed by atoms with Crippen molar-refractivity contribution in [2.75, 3.05) is 13.2 Å². The van der Waals surface area contributed by atoms with E-state index in [1.54, 1.807) is 6.92 Å². The minimum absolute atomic E-state index is 0.0480. The molecule has 0 aliphatic heterocycles. The average Bonchev–Trinajstić information content (AvgIpc) is 2.30. The van der Waals surface area contributed by atoms with Gasteiger partial charge in [0, 0.05) is 30.9 Å². The molecule has 0 fully saturated rings. The van der Waals surface area contributed by atoms with Crippen LogP contribution in [0.4, 0.5) is 0 Å². The predicted octanol–water partition coefficient (Wildman–Crippen LogP) is 1.10. The van der Waals surface area contributed by atoms with Gasteiger partial charge in [-0.05, 0) is 20.3 Å². The van der Waals surface area contributed by atoms with Crippen LogP contribution in [0.15, 0.2) is 4.79 Å². The molecule has 0 bridgehead atoms. The summed E-state index contributed by atoms with van der Waals surface area (Å²) in [7, 11) is 0. The first-order valence-electron chi connectivity index (χ1n) is 5.96. The van der Waals surface area contributed by atoms with Gasteiger partial charge in [-0.3, -0.25) is 4.79 Å². The molecule has 0 aromatic carbocycles. The molecular formula is C12H20N2O3. The maximum Gasteiger partial charge on any atom is 0.254 e. The number of hydrogen-bond acceptors (Lipinski definition) is 4. The predicted molar refractivity (Wildman–Crippen MR) is 65.0 cm³/mol. The van der Waals surface area contributed by atoms with Gasteiger partial charge in [-0.2, -0.15) is 0 Å². The molecule has 0 saturated carbocycles. The Bertz CT molecular complexity index is 415. The summed E-state index contributed by atoms with van der Waals surface area (Å²) in [4.78, 5) is 18.9. The lowest BCUT2D eigenvalue weighted by Gasteiger charge is -2.15. The minimum atomic E-state index is -0.181. The highest BCUT2D eigenvalue weighted by atomic mass is 16.5. The molecule has 1 atom stereocenters. The Morgan fingerprint density at radius 2 is 2.18 bits per heavy atom. The Labute approximate surface area is 101 Å². The summed E-state index contributed by atoms with van der Waals surface area (Å²) in [6.45, 7) is 6.21. The average molecular weight is 240 g/mol. The molecule has 2 N–H and O–H groups in total. The van der Waals surface area contributed by atoms with Crippen LogP contribution in [0.2, 0.25) is 0 Å². The molecule has 1 aromatic rings. The smallest absolute Gasteiger partial charge is 0.254 e. The summed E-state index contributed by atoms with van der Waals surface area (Å²) < 4.78 is 5.50. The third-order valence-corrected chi connectivity index (χ3v) is 2.65. The number of aryl methyl sites for hydroxylation is 1. The molecular weight excluding hydrogens is 220 g/mol. The third kappa shape index (κ3) is 3.38. The van der Waals surface area contributed by atoms with Crippen molar-refractivity contribution in [1.29, 1.82) is 0 Å². The van der Waals surface area contributed by atoms with Crippen molar-refractivity contribution in [2.45, 2.75) is 39.7 Å². The van der Waals surface area contributed by atoms with Gasteiger partial charge in [-0.1, -0.05) is 6.92 Å². The topological polar surface area (TPSA) is 75.2 Å². The van der Waals surface area contributed by atoms with Crippen LogP contribution in [-0.4, -0.2) is 28.3 Å². The fraction of sp³-hybridized carbons (Fsp3) is 0.667. The first-order valence-corrected chi connectivity index (χ1v) is 5.96. The summed E-state index contributed by atoms with van der Waals surface area (Å²) in [5.41, 5.74) is 1.03. The molecule has 0 radical (unpaired) electrons. The van der Waals surface area contributed by atoms with Crippen LogP contribution in [0.1, 0.15) is 43.5 Å². The fourth-order valence-corrected chi connectivity index (χ4v) is 1.78. The van der Waals surface area contributed by atoms with E-state index in [0.29, 0.717) is 30.1 Å². The van der Waals surface area contributed by atoms with Gasteiger partial charge in [0.05, 0.1) is 0 Å². The van der Waals surface area contributed by atoms with Crippen LogP contribution in [0.5, 0.6) is 0 Å². The SMILES string of the molecule is CCOC(CC)c1nc(C)c(CCO)c(=O)[nH]1. The van der Waals surface area contributed by atoms with E-state index in [4.69, 9.17) is 9.84 Å². The molecule has 0 amide bonds. The summed E-state index contributed by atoms with van der Waals surface area (Å²) in [6, 6.07) is 0. The monoisotopic (exact) mass is 240 g/mol. The fourth-order valence-electron chi connectivity index (χ4n) is 1.78. The Balaban J connectivity index is 3.08. The van der Waals surface area contributed by atoms with E-state index in [0.717, 1.165) is 6.42 Å². The zero-order chi connectivity index (χ0) is 12.8. The van der Waals surface area contributed by atoms with Crippen LogP contribution in [-0.2, 0) is 11.2 Å². The molecule has 1 aromatic heterocycles. The van der Waals surface area contributed by atoms with Gasteiger partial charge in [0.2, 0.25) is 0 Å². The minimum Gasteiger partial charge on any atom is -0.396 e. The van der Waals surface area contributed by atoms with E-state index in [-0.39, 0.29) is 18.3 Å². The molecule has 96 valence electrons. The maximum absolute atomic E-state index is 11.8. The molecule has 0 saturated heterocycles. The standard InChI is InChI=1S/C12H20N2O3/c1-4-10(17-5-2)11-13-8(3)9(6-7-15)12(16)14-11/h10,15H,4-7H2,1-3H3,(H,13,14,16). The van der Waals surface area contributed by atoms with Gasteiger partial charge in [-0.25, -0.2) is 4.98 Å². The largest absolute Gasteiger partial charge is 0.396 e. The molecule has 1 rings (SSSR count). The summed E-state index contributed by atoms with van der Waals surface area (Å²) in [6.07, 6.45) is 0.921. The van der Waals surface area contributed by atoms with E-state index in [1.165, 1.54) is 0 Å². The van der Waals surface area contributed by atoms with E-state index in [9.17, 15) is 4.79 Å². The lowest BCUT2D eigenvalue weighted by atomic mass is 10.1. The van der Waals surface area contributed by atoms with Crippen molar-refractivity contribution in [3.63, 3.8) is 0 Å². The van der Waals surface area contributed by atoms with Crippen molar-refractivity contribution >= 4 is 0 Å². The van der Waals surface area contributed by atoms with Crippen LogP contribution in [0.25, 0.3) is 0 Å². The first kappa shape index (κ1) is 13.9. The highest BCUT2D eigenvalue weighted by Crippen LogP contribution is 2.16.